The molecule has 0 saturated heterocycles. The SMILES string of the molecule is NC1CCc2c1cc(F)c(F)c2O. The van der Waals surface area contributed by atoms with Crippen molar-refractivity contribution in [1.82, 2.24) is 0 Å². The van der Waals surface area contributed by atoms with E-state index in [2.05, 4.69) is 0 Å². The molecular formula is C9H9F2NO. The topological polar surface area (TPSA) is 46.2 Å². The summed E-state index contributed by atoms with van der Waals surface area (Å²) >= 11 is 0. The van der Waals surface area contributed by atoms with Crippen molar-refractivity contribution < 1.29 is 13.9 Å². The molecule has 1 aliphatic rings. The number of phenolic OH excluding ortho intramolecular Hbond substituents is 1. The summed E-state index contributed by atoms with van der Waals surface area (Å²) in [7, 11) is 0. The van der Waals surface area contributed by atoms with Crippen LogP contribution in [0.4, 0.5) is 8.78 Å². The Morgan fingerprint density at radius 2 is 2.15 bits per heavy atom. The molecule has 1 atom stereocenters. The minimum Gasteiger partial charge on any atom is -0.505 e. The number of hydrogen-bond donors (Lipinski definition) is 2. The lowest BCUT2D eigenvalue weighted by Crippen LogP contribution is -2.06. The lowest BCUT2D eigenvalue weighted by molar-refractivity contribution is 0.402. The molecule has 0 saturated carbocycles. The van der Waals surface area contributed by atoms with E-state index in [0.29, 0.717) is 24.0 Å². The van der Waals surface area contributed by atoms with Crippen LogP contribution in [0.3, 0.4) is 0 Å². The number of fused-ring (bicyclic) bond motifs is 1. The highest BCUT2D eigenvalue weighted by Gasteiger charge is 2.26. The molecule has 4 heteroatoms. The van der Waals surface area contributed by atoms with Gasteiger partial charge >= 0.3 is 0 Å². The molecule has 1 aromatic rings. The van der Waals surface area contributed by atoms with Gasteiger partial charge in [0.2, 0.25) is 5.82 Å². The Bertz CT molecular complexity index is 365. The number of halogens is 2. The Morgan fingerprint density at radius 3 is 2.85 bits per heavy atom. The van der Waals surface area contributed by atoms with Crippen molar-refractivity contribution in [3.8, 4) is 5.75 Å². The molecule has 70 valence electrons. The Labute approximate surface area is 74.0 Å². The van der Waals surface area contributed by atoms with E-state index in [4.69, 9.17) is 5.73 Å². The van der Waals surface area contributed by atoms with Crippen LogP contribution in [0, 0.1) is 11.6 Å². The molecule has 0 aliphatic heterocycles. The average molecular weight is 185 g/mol. The van der Waals surface area contributed by atoms with Crippen molar-refractivity contribution in [3.63, 3.8) is 0 Å². The zero-order chi connectivity index (χ0) is 9.59. The van der Waals surface area contributed by atoms with Gasteiger partial charge in [0.05, 0.1) is 0 Å². The number of benzene rings is 1. The maximum Gasteiger partial charge on any atom is 0.200 e. The first kappa shape index (κ1) is 8.44. The molecule has 0 radical (unpaired) electrons. The first-order valence-electron chi connectivity index (χ1n) is 4.06. The van der Waals surface area contributed by atoms with Crippen molar-refractivity contribution in [2.24, 2.45) is 5.73 Å². The van der Waals surface area contributed by atoms with Crippen molar-refractivity contribution in [1.29, 1.82) is 0 Å². The first-order valence-corrected chi connectivity index (χ1v) is 4.06. The van der Waals surface area contributed by atoms with Gasteiger partial charge in [-0.15, -0.1) is 0 Å². The van der Waals surface area contributed by atoms with E-state index in [1.807, 2.05) is 0 Å². The normalized spacial score (nSPS) is 20.4. The highest BCUT2D eigenvalue weighted by molar-refractivity contribution is 5.45. The number of phenols is 1. The number of aromatic hydroxyl groups is 1. The van der Waals surface area contributed by atoms with Gasteiger partial charge < -0.3 is 10.8 Å². The van der Waals surface area contributed by atoms with Crippen molar-refractivity contribution >= 4 is 0 Å². The molecule has 0 spiro atoms. The fourth-order valence-electron chi connectivity index (χ4n) is 1.72. The monoisotopic (exact) mass is 185 g/mol. The van der Waals surface area contributed by atoms with Crippen LogP contribution in [0.25, 0.3) is 0 Å². The van der Waals surface area contributed by atoms with Gasteiger partial charge in [-0.2, -0.15) is 4.39 Å². The van der Waals surface area contributed by atoms with Crippen LogP contribution in [0.2, 0.25) is 0 Å². The van der Waals surface area contributed by atoms with Crippen LogP contribution in [0.5, 0.6) is 5.75 Å². The van der Waals surface area contributed by atoms with E-state index in [9.17, 15) is 13.9 Å². The standard InChI is InChI=1S/C9H9F2NO/c10-6-3-5-4(1-2-7(5)12)9(13)8(6)11/h3,7,13H,1-2,12H2. The summed E-state index contributed by atoms with van der Waals surface area (Å²) < 4.78 is 25.7. The maximum atomic E-state index is 12.8. The van der Waals surface area contributed by atoms with Crippen molar-refractivity contribution in [3.05, 3.63) is 28.8 Å². The summed E-state index contributed by atoms with van der Waals surface area (Å²) in [5, 5.41) is 9.25. The van der Waals surface area contributed by atoms with Crippen molar-refractivity contribution in [2.75, 3.05) is 0 Å². The lowest BCUT2D eigenvalue weighted by Gasteiger charge is -2.07. The second-order valence-electron chi connectivity index (χ2n) is 3.23. The number of hydrogen-bond acceptors (Lipinski definition) is 2. The molecule has 1 aliphatic carbocycles. The third-order valence-corrected chi connectivity index (χ3v) is 2.44. The van der Waals surface area contributed by atoms with Crippen LogP contribution in [0.1, 0.15) is 23.6 Å². The molecule has 2 nitrogen and oxygen atoms in total. The number of nitrogens with two attached hydrogens (primary N) is 1. The van der Waals surface area contributed by atoms with Crippen LogP contribution < -0.4 is 5.73 Å². The van der Waals surface area contributed by atoms with E-state index in [1.165, 1.54) is 0 Å². The molecular weight excluding hydrogens is 176 g/mol. The predicted octanol–water partition coefficient (Wildman–Crippen LogP) is 1.62. The minimum absolute atomic E-state index is 0.281. The van der Waals surface area contributed by atoms with E-state index in [1.54, 1.807) is 0 Å². The fourth-order valence-corrected chi connectivity index (χ4v) is 1.72. The van der Waals surface area contributed by atoms with E-state index in [-0.39, 0.29) is 6.04 Å². The van der Waals surface area contributed by atoms with Crippen LogP contribution in [0.15, 0.2) is 6.07 Å². The summed E-state index contributed by atoms with van der Waals surface area (Å²) in [6.45, 7) is 0. The van der Waals surface area contributed by atoms with Crippen LogP contribution in [-0.4, -0.2) is 5.11 Å². The van der Waals surface area contributed by atoms with Crippen LogP contribution >= 0.6 is 0 Å². The second-order valence-corrected chi connectivity index (χ2v) is 3.23. The highest BCUT2D eigenvalue weighted by atomic mass is 19.2. The molecule has 2 rings (SSSR count). The van der Waals surface area contributed by atoms with Gasteiger partial charge in [-0.1, -0.05) is 0 Å². The zero-order valence-corrected chi connectivity index (χ0v) is 6.85. The minimum atomic E-state index is -1.17. The van der Waals surface area contributed by atoms with Gasteiger partial charge in [0.15, 0.2) is 11.6 Å². The van der Waals surface area contributed by atoms with E-state index >= 15 is 0 Å². The molecule has 1 unspecified atom stereocenters. The molecule has 13 heavy (non-hydrogen) atoms. The quantitative estimate of drug-likeness (QED) is 0.645. The van der Waals surface area contributed by atoms with Gasteiger partial charge in [0.1, 0.15) is 0 Å². The van der Waals surface area contributed by atoms with Crippen LogP contribution in [-0.2, 0) is 6.42 Å². The Hall–Kier alpha value is -1.16. The largest absolute Gasteiger partial charge is 0.505 e. The second kappa shape index (κ2) is 2.67. The third kappa shape index (κ3) is 1.09. The third-order valence-electron chi connectivity index (χ3n) is 2.44. The molecule has 3 N–H and O–H groups in total. The Kier molecular flexibility index (Phi) is 1.73. The predicted molar refractivity (Wildman–Crippen MR) is 43.3 cm³/mol. The molecule has 0 bridgehead atoms. The lowest BCUT2D eigenvalue weighted by atomic mass is 10.1. The molecule has 0 amide bonds. The van der Waals surface area contributed by atoms with Gasteiger partial charge in [-0.3, -0.25) is 0 Å². The van der Waals surface area contributed by atoms with Crippen molar-refractivity contribution in [2.45, 2.75) is 18.9 Å². The first-order chi connectivity index (χ1) is 6.11. The fraction of sp³-hybridized carbons (Fsp3) is 0.333. The van der Waals surface area contributed by atoms with Gasteiger partial charge in [-0.25, -0.2) is 4.39 Å². The van der Waals surface area contributed by atoms with E-state index in [0.717, 1.165) is 6.07 Å². The zero-order valence-electron chi connectivity index (χ0n) is 6.85. The van der Waals surface area contributed by atoms with E-state index < -0.39 is 17.4 Å². The summed E-state index contributed by atoms with van der Waals surface area (Å²) in [4.78, 5) is 0. The maximum absolute atomic E-state index is 12.8. The molecule has 0 aromatic heterocycles. The Balaban J connectivity index is 2.67. The van der Waals surface area contributed by atoms with Gasteiger partial charge in [0.25, 0.3) is 0 Å². The summed E-state index contributed by atoms with van der Waals surface area (Å²) in [5.41, 5.74) is 6.61. The Morgan fingerprint density at radius 1 is 1.46 bits per heavy atom. The summed E-state index contributed by atoms with van der Waals surface area (Å²) in [5.74, 6) is -2.79. The molecule has 0 heterocycles. The number of rotatable bonds is 0. The van der Waals surface area contributed by atoms with Gasteiger partial charge in [-0.05, 0) is 24.5 Å². The summed E-state index contributed by atoms with van der Waals surface area (Å²) in [6.07, 6.45) is 1.14. The highest BCUT2D eigenvalue weighted by Crippen LogP contribution is 2.37. The molecule has 0 fully saturated rings. The summed E-state index contributed by atoms with van der Waals surface area (Å²) in [6, 6.07) is 0.790. The molecule has 1 aromatic carbocycles. The average Bonchev–Trinajstić information content (AvgIpc) is 2.45. The smallest absolute Gasteiger partial charge is 0.200 e. The van der Waals surface area contributed by atoms with Gasteiger partial charge in [0, 0.05) is 11.6 Å².